The van der Waals surface area contributed by atoms with Gasteiger partial charge in [-0.15, -0.1) is 0 Å². The van der Waals surface area contributed by atoms with Crippen LogP contribution < -0.4 is 0 Å². The van der Waals surface area contributed by atoms with Gasteiger partial charge in [-0.25, -0.2) is 4.39 Å². The molecule has 13 heavy (non-hydrogen) atoms. The Morgan fingerprint density at radius 2 is 2.31 bits per heavy atom. The minimum Gasteiger partial charge on any atom is -0.298 e. The summed E-state index contributed by atoms with van der Waals surface area (Å²) in [5.41, 5.74) is 0.611. The van der Waals surface area contributed by atoms with E-state index in [0.717, 1.165) is 0 Å². The monoisotopic (exact) mass is 177 g/mol. The number of hydrogen-bond donors (Lipinski definition) is 0. The molecule has 1 aromatic carbocycles. The van der Waals surface area contributed by atoms with Crippen LogP contribution in [0.25, 0.3) is 0 Å². The predicted molar refractivity (Wildman–Crippen MR) is 45.3 cm³/mol. The van der Waals surface area contributed by atoms with Crippen molar-refractivity contribution in [3.8, 4) is 6.07 Å². The van der Waals surface area contributed by atoms with Crippen molar-refractivity contribution in [3.05, 3.63) is 35.6 Å². The summed E-state index contributed by atoms with van der Waals surface area (Å²) in [7, 11) is 0. The normalized spacial score (nSPS) is 9.23. The molecule has 0 saturated heterocycles. The fourth-order valence-corrected chi connectivity index (χ4v) is 1.03. The number of hydrogen-bond acceptors (Lipinski definition) is 2. The van der Waals surface area contributed by atoms with Gasteiger partial charge < -0.3 is 0 Å². The van der Waals surface area contributed by atoms with E-state index >= 15 is 0 Å². The third kappa shape index (κ3) is 3.04. The van der Waals surface area contributed by atoms with Crippen LogP contribution in [0.3, 0.4) is 0 Å². The standard InChI is InChI=1S/C10H8FNO/c11-9-3-1-2-8(6-9)7-10(13)4-5-12/h1-3,6H,4,7H2. The van der Waals surface area contributed by atoms with Gasteiger partial charge in [0.2, 0.25) is 0 Å². The van der Waals surface area contributed by atoms with E-state index in [1.54, 1.807) is 18.2 Å². The van der Waals surface area contributed by atoms with Gasteiger partial charge in [-0.2, -0.15) is 5.26 Å². The molecule has 0 aliphatic rings. The van der Waals surface area contributed by atoms with Crippen molar-refractivity contribution in [1.29, 1.82) is 5.26 Å². The summed E-state index contributed by atoms with van der Waals surface area (Å²) in [4.78, 5) is 11.0. The van der Waals surface area contributed by atoms with E-state index in [9.17, 15) is 9.18 Å². The smallest absolute Gasteiger partial charge is 0.151 e. The molecule has 66 valence electrons. The molecular weight excluding hydrogens is 169 g/mol. The van der Waals surface area contributed by atoms with Crippen LogP contribution in [0, 0.1) is 17.1 Å². The molecule has 0 amide bonds. The number of ketones is 1. The van der Waals surface area contributed by atoms with Gasteiger partial charge >= 0.3 is 0 Å². The number of nitriles is 1. The fraction of sp³-hybridized carbons (Fsp3) is 0.200. The summed E-state index contributed by atoms with van der Waals surface area (Å²) in [5.74, 6) is -0.546. The van der Waals surface area contributed by atoms with E-state index in [1.165, 1.54) is 12.1 Å². The zero-order valence-corrected chi connectivity index (χ0v) is 6.96. The second-order valence-electron chi connectivity index (χ2n) is 2.68. The molecule has 0 spiro atoms. The number of nitrogens with zero attached hydrogens (tertiary/aromatic N) is 1. The molecule has 0 N–H and O–H groups in total. The molecule has 1 rings (SSSR count). The number of Topliss-reactive ketones (excluding diaryl/α,β-unsaturated/α-hetero) is 1. The average Bonchev–Trinajstić information content (AvgIpc) is 2.04. The molecule has 0 unspecified atom stereocenters. The summed E-state index contributed by atoms with van der Waals surface area (Å²) in [6, 6.07) is 7.59. The van der Waals surface area contributed by atoms with Crippen LogP contribution in [-0.4, -0.2) is 5.78 Å². The van der Waals surface area contributed by atoms with Crippen molar-refractivity contribution in [1.82, 2.24) is 0 Å². The Labute approximate surface area is 75.6 Å². The molecule has 0 bridgehead atoms. The molecule has 0 heterocycles. The molecule has 0 saturated carbocycles. The SMILES string of the molecule is N#CCC(=O)Cc1cccc(F)c1. The third-order valence-electron chi connectivity index (χ3n) is 1.57. The van der Waals surface area contributed by atoms with Gasteiger partial charge in [-0.05, 0) is 17.7 Å². The van der Waals surface area contributed by atoms with E-state index in [4.69, 9.17) is 5.26 Å². The van der Waals surface area contributed by atoms with Crippen molar-refractivity contribution in [3.63, 3.8) is 0 Å². The molecular formula is C10H8FNO. The number of rotatable bonds is 3. The van der Waals surface area contributed by atoms with Gasteiger partial charge in [0.15, 0.2) is 5.78 Å². The summed E-state index contributed by atoms with van der Waals surface area (Å²) >= 11 is 0. The summed E-state index contributed by atoms with van der Waals surface area (Å²) in [5, 5.41) is 8.22. The van der Waals surface area contributed by atoms with E-state index in [1.807, 2.05) is 0 Å². The molecule has 0 radical (unpaired) electrons. The zero-order valence-electron chi connectivity index (χ0n) is 6.96. The second-order valence-corrected chi connectivity index (χ2v) is 2.68. The maximum absolute atomic E-state index is 12.6. The Hall–Kier alpha value is -1.69. The van der Waals surface area contributed by atoms with Crippen LogP contribution >= 0.6 is 0 Å². The van der Waals surface area contributed by atoms with Crippen LogP contribution in [0.2, 0.25) is 0 Å². The van der Waals surface area contributed by atoms with Gasteiger partial charge in [-0.3, -0.25) is 4.79 Å². The first-order chi connectivity index (χ1) is 6.22. The van der Waals surface area contributed by atoms with Crippen LogP contribution in [0.1, 0.15) is 12.0 Å². The average molecular weight is 177 g/mol. The first-order valence-corrected chi connectivity index (χ1v) is 3.85. The Balaban J connectivity index is 2.65. The van der Waals surface area contributed by atoms with E-state index in [2.05, 4.69) is 0 Å². The summed E-state index contributed by atoms with van der Waals surface area (Å²) in [6.45, 7) is 0. The number of carbonyl (C=O) groups excluding carboxylic acids is 1. The van der Waals surface area contributed by atoms with E-state index < -0.39 is 0 Å². The summed E-state index contributed by atoms with van der Waals surface area (Å²) < 4.78 is 12.6. The number of benzene rings is 1. The largest absolute Gasteiger partial charge is 0.298 e. The van der Waals surface area contributed by atoms with Gasteiger partial charge in [0.1, 0.15) is 5.82 Å². The second kappa shape index (κ2) is 4.36. The van der Waals surface area contributed by atoms with E-state index in [0.29, 0.717) is 5.56 Å². The lowest BCUT2D eigenvalue weighted by atomic mass is 10.1. The highest BCUT2D eigenvalue weighted by molar-refractivity contribution is 5.82. The lowest BCUT2D eigenvalue weighted by molar-refractivity contribution is -0.117. The minimum absolute atomic E-state index is 0.115. The lowest BCUT2D eigenvalue weighted by Crippen LogP contribution is -2.01. The third-order valence-corrected chi connectivity index (χ3v) is 1.57. The van der Waals surface area contributed by atoms with Gasteiger partial charge in [0.05, 0.1) is 12.5 Å². The van der Waals surface area contributed by atoms with Gasteiger partial charge in [0.25, 0.3) is 0 Å². The predicted octanol–water partition coefficient (Wildman–Crippen LogP) is 1.85. The molecule has 0 fully saturated rings. The minimum atomic E-state index is -0.359. The van der Waals surface area contributed by atoms with Crippen LogP contribution in [0.5, 0.6) is 0 Å². The number of carbonyl (C=O) groups is 1. The van der Waals surface area contributed by atoms with Crippen molar-refractivity contribution in [2.75, 3.05) is 0 Å². The van der Waals surface area contributed by atoms with Crippen molar-refractivity contribution in [2.24, 2.45) is 0 Å². The van der Waals surface area contributed by atoms with Crippen LogP contribution in [-0.2, 0) is 11.2 Å². The highest BCUT2D eigenvalue weighted by Crippen LogP contribution is 2.05. The number of halogens is 1. The Kier molecular flexibility index (Phi) is 3.15. The molecule has 0 aliphatic carbocycles. The zero-order chi connectivity index (χ0) is 9.68. The Morgan fingerprint density at radius 3 is 2.92 bits per heavy atom. The lowest BCUT2D eigenvalue weighted by Gasteiger charge is -1.97. The highest BCUT2D eigenvalue weighted by atomic mass is 19.1. The highest BCUT2D eigenvalue weighted by Gasteiger charge is 2.02. The van der Waals surface area contributed by atoms with Crippen molar-refractivity contribution in [2.45, 2.75) is 12.8 Å². The Bertz CT molecular complexity index is 354. The quantitative estimate of drug-likeness (QED) is 0.706. The topological polar surface area (TPSA) is 40.9 Å². The van der Waals surface area contributed by atoms with Gasteiger partial charge in [-0.1, -0.05) is 12.1 Å². The molecule has 3 heteroatoms. The van der Waals surface area contributed by atoms with Crippen molar-refractivity contribution >= 4 is 5.78 Å². The van der Waals surface area contributed by atoms with Crippen molar-refractivity contribution < 1.29 is 9.18 Å². The maximum atomic E-state index is 12.6. The Morgan fingerprint density at radius 1 is 1.54 bits per heavy atom. The van der Waals surface area contributed by atoms with Crippen LogP contribution in [0.15, 0.2) is 24.3 Å². The first-order valence-electron chi connectivity index (χ1n) is 3.85. The molecule has 2 nitrogen and oxygen atoms in total. The molecule has 0 atom stereocenters. The molecule has 1 aromatic rings. The molecule has 0 aliphatic heterocycles. The summed E-state index contributed by atoms with van der Waals surface area (Å²) in [6.07, 6.45) is 0.0157. The first kappa shape index (κ1) is 9.40. The molecule has 0 aromatic heterocycles. The fourth-order valence-electron chi connectivity index (χ4n) is 1.03. The maximum Gasteiger partial charge on any atom is 0.151 e. The van der Waals surface area contributed by atoms with Crippen LogP contribution in [0.4, 0.5) is 4.39 Å². The van der Waals surface area contributed by atoms with Gasteiger partial charge in [0, 0.05) is 6.42 Å². The van der Waals surface area contributed by atoms with E-state index in [-0.39, 0.29) is 24.4 Å².